The number of unbranched alkanes of at least 4 members (excludes halogenated alkanes) is 5. The minimum atomic E-state index is -0.374. The van der Waals surface area contributed by atoms with Crippen molar-refractivity contribution in [1.82, 2.24) is 0 Å². The summed E-state index contributed by atoms with van der Waals surface area (Å²) in [7, 11) is 0. The molecule has 110 valence electrons. The molecule has 0 atom stereocenters. The normalized spacial score (nSPS) is 10.2. The van der Waals surface area contributed by atoms with Gasteiger partial charge in [-0.05, 0) is 24.0 Å². The first-order chi connectivity index (χ1) is 9.76. The topological polar surface area (TPSA) is 26.3 Å². The second-order valence-electron chi connectivity index (χ2n) is 5.15. The summed E-state index contributed by atoms with van der Waals surface area (Å²) in [5.74, 6) is -0.374. The highest BCUT2D eigenvalue weighted by molar-refractivity contribution is 5.81. The average Bonchev–Trinajstić information content (AvgIpc) is 2.49. The maximum Gasteiger partial charge on any atom is 0.330 e. The molecular formula is C18H26O2. The second-order valence-corrected chi connectivity index (χ2v) is 5.15. The average molecular weight is 274 g/mol. The van der Waals surface area contributed by atoms with Gasteiger partial charge in [-0.2, -0.15) is 0 Å². The van der Waals surface area contributed by atoms with E-state index in [-0.39, 0.29) is 5.97 Å². The van der Waals surface area contributed by atoms with Gasteiger partial charge in [0.25, 0.3) is 0 Å². The van der Waals surface area contributed by atoms with E-state index in [1.807, 2.05) is 12.1 Å². The van der Waals surface area contributed by atoms with Gasteiger partial charge < -0.3 is 4.74 Å². The van der Waals surface area contributed by atoms with Crippen molar-refractivity contribution in [2.24, 2.45) is 0 Å². The van der Waals surface area contributed by atoms with Crippen LogP contribution in [0.1, 0.15) is 56.6 Å². The molecule has 1 aromatic rings. The quantitative estimate of drug-likeness (QED) is 0.347. The molecule has 0 amide bonds. The number of hydrogen-bond acceptors (Lipinski definition) is 2. The van der Waals surface area contributed by atoms with E-state index in [0.29, 0.717) is 6.61 Å². The first-order valence-corrected chi connectivity index (χ1v) is 7.63. The zero-order chi connectivity index (χ0) is 14.6. The van der Waals surface area contributed by atoms with Crippen molar-refractivity contribution in [3.63, 3.8) is 0 Å². The summed E-state index contributed by atoms with van der Waals surface area (Å²) in [6, 6.07) is 8.32. The van der Waals surface area contributed by atoms with Crippen molar-refractivity contribution in [2.45, 2.75) is 58.5 Å². The van der Waals surface area contributed by atoms with Crippen LogP contribution in [0.5, 0.6) is 0 Å². The summed E-state index contributed by atoms with van der Waals surface area (Å²) >= 11 is 0. The Bertz CT molecular complexity index is 392. The predicted molar refractivity (Wildman–Crippen MR) is 83.5 cm³/mol. The smallest absolute Gasteiger partial charge is 0.330 e. The zero-order valence-corrected chi connectivity index (χ0v) is 12.6. The number of benzene rings is 1. The van der Waals surface area contributed by atoms with Gasteiger partial charge >= 0.3 is 5.97 Å². The van der Waals surface area contributed by atoms with Crippen molar-refractivity contribution in [3.05, 3.63) is 48.0 Å². The van der Waals surface area contributed by atoms with Gasteiger partial charge in [-0.1, -0.05) is 69.9 Å². The largest absolute Gasteiger partial charge is 0.458 e. The monoisotopic (exact) mass is 274 g/mol. The molecule has 1 rings (SSSR count). The maximum atomic E-state index is 11.0. The van der Waals surface area contributed by atoms with Crippen molar-refractivity contribution in [3.8, 4) is 0 Å². The van der Waals surface area contributed by atoms with Crippen molar-refractivity contribution < 1.29 is 9.53 Å². The molecule has 0 heterocycles. The molecule has 0 aromatic heterocycles. The predicted octanol–water partition coefficient (Wildman–Crippen LogP) is 4.82. The molecule has 0 aliphatic heterocycles. The lowest BCUT2D eigenvalue weighted by atomic mass is 10.0. The van der Waals surface area contributed by atoms with Crippen molar-refractivity contribution in [1.29, 1.82) is 0 Å². The van der Waals surface area contributed by atoms with Gasteiger partial charge in [-0.3, -0.25) is 0 Å². The fraction of sp³-hybridized carbons (Fsp3) is 0.500. The Kier molecular flexibility index (Phi) is 8.44. The maximum absolute atomic E-state index is 11.0. The van der Waals surface area contributed by atoms with E-state index in [0.717, 1.165) is 12.0 Å². The van der Waals surface area contributed by atoms with E-state index >= 15 is 0 Å². The molecule has 2 nitrogen and oxygen atoms in total. The Morgan fingerprint density at radius 2 is 1.65 bits per heavy atom. The van der Waals surface area contributed by atoms with Crippen LogP contribution in [0.15, 0.2) is 36.9 Å². The van der Waals surface area contributed by atoms with E-state index in [1.165, 1.54) is 50.2 Å². The third kappa shape index (κ3) is 7.13. The molecule has 0 aliphatic rings. The molecular weight excluding hydrogens is 248 g/mol. The number of rotatable bonds is 10. The van der Waals surface area contributed by atoms with Crippen molar-refractivity contribution in [2.75, 3.05) is 0 Å². The van der Waals surface area contributed by atoms with Gasteiger partial charge in [-0.25, -0.2) is 4.79 Å². The van der Waals surface area contributed by atoms with Crippen LogP contribution in [0, 0.1) is 0 Å². The number of esters is 1. The lowest BCUT2D eigenvalue weighted by Gasteiger charge is -2.05. The summed E-state index contributed by atoms with van der Waals surface area (Å²) < 4.78 is 5.00. The van der Waals surface area contributed by atoms with Gasteiger partial charge in [0, 0.05) is 6.08 Å². The number of carbonyl (C=O) groups excluding carboxylic acids is 1. The van der Waals surface area contributed by atoms with E-state index in [9.17, 15) is 4.79 Å². The first-order valence-electron chi connectivity index (χ1n) is 7.63. The van der Waals surface area contributed by atoms with Crippen LogP contribution >= 0.6 is 0 Å². The third-order valence-electron chi connectivity index (χ3n) is 3.39. The fourth-order valence-corrected chi connectivity index (χ4v) is 2.12. The molecule has 0 N–H and O–H groups in total. The van der Waals surface area contributed by atoms with Crippen LogP contribution in [0.2, 0.25) is 0 Å². The molecule has 0 aliphatic carbocycles. The number of aryl methyl sites for hydroxylation is 1. The van der Waals surface area contributed by atoms with Crippen LogP contribution < -0.4 is 0 Å². The van der Waals surface area contributed by atoms with Gasteiger partial charge in [0.15, 0.2) is 0 Å². The fourth-order valence-electron chi connectivity index (χ4n) is 2.12. The summed E-state index contributed by atoms with van der Waals surface area (Å²) in [5, 5.41) is 0. The van der Waals surface area contributed by atoms with Gasteiger partial charge in [-0.15, -0.1) is 0 Å². The second kappa shape index (κ2) is 10.2. The Labute approximate surface area is 122 Å². The van der Waals surface area contributed by atoms with E-state index in [1.54, 1.807) is 0 Å². The van der Waals surface area contributed by atoms with E-state index in [4.69, 9.17) is 4.74 Å². The summed E-state index contributed by atoms with van der Waals surface area (Å²) in [5.41, 5.74) is 2.38. The number of ether oxygens (including phenoxy) is 1. The van der Waals surface area contributed by atoms with Crippen LogP contribution in [0.25, 0.3) is 0 Å². The van der Waals surface area contributed by atoms with Crippen LogP contribution in [-0.2, 0) is 22.6 Å². The number of hydrogen-bond donors (Lipinski definition) is 0. The molecule has 0 saturated carbocycles. The molecule has 20 heavy (non-hydrogen) atoms. The standard InChI is InChI=1S/C18H26O2/c1-3-5-6-7-8-9-10-16-11-13-17(14-12-16)15-20-18(19)4-2/h4,11-14H,2-3,5-10,15H2,1H3. The highest BCUT2D eigenvalue weighted by Gasteiger charge is 1.99. The Hall–Kier alpha value is -1.57. The summed E-state index contributed by atoms with van der Waals surface area (Å²) in [6.45, 7) is 5.94. The molecule has 0 saturated heterocycles. The summed E-state index contributed by atoms with van der Waals surface area (Å²) in [6.07, 6.45) is 10.3. The van der Waals surface area contributed by atoms with Gasteiger partial charge in [0.05, 0.1) is 0 Å². The van der Waals surface area contributed by atoms with Gasteiger partial charge in [0.2, 0.25) is 0 Å². The molecule has 0 spiro atoms. The molecule has 2 heteroatoms. The highest BCUT2D eigenvalue weighted by atomic mass is 16.5. The Balaban J connectivity index is 2.21. The SMILES string of the molecule is C=CC(=O)OCc1ccc(CCCCCCCC)cc1. The van der Waals surface area contributed by atoms with Crippen LogP contribution in [0.4, 0.5) is 0 Å². The molecule has 0 unspecified atom stereocenters. The third-order valence-corrected chi connectivity index (χ3v) is 3.39. The van der Waals surface area contributed by atoms with E-state index < -0.39 is 0 Å². The first kappa shape index (κ1) is 16.5. The Morgan fingerprint density at radius 3 is 2.30 bits per heavy atom. The lowest BCUT2D eigenvalue weighted by molar-refractivity contribution is -0.138. The molecule has 0 fully saturated rings. The lowest BCUT2D eigenvalue weighted by Crippen LogP contribution is -2.00. The highest BCUT2D eigenvalue weighted by Crippen LogP contribution is 2.11. The number of carbonyl (C=O) groups is 1. The zero-order valence-electron chi connectivity index (χ0n) is 12.6. The molecule has 0 radical (unpaired) electrons. The minimum absolute atomic E-state index is 0.322. The molecule has 1 aromatic carbocycles. The van der Waals surface area contributed by atoms with Crippen LogP contribution in [0.3, 0.4) is 0 Å². The van der Waals surface area contributed by atoms with E-state index in [2.05, 4.69) is 25.6 Å². The van der Waals surface area contributed by atoms with Crippen LogP contribution in [-0.4, -0.2) is 5.97 Å². The summed E-state index contributed by atoms with van der Waals surface area (Å²) in [4.78, 5) is 11.0. The molecule has 0 bridgehead atoms. The minimum Gasteiger partial charge on any atom is -0.458 e. The Morgan fingerprint density at radius 1 is 1.05 bits per heavy atom. The van der Waals surface area contributed by atoms with Crippen molar-refractivity contribution >= 4 is 5.97 Å². The van der Waals surface area contributed by atoms with Gasteiger partial charge in [0.1, 0.15) is 6.61 Å².